The molecule has 2 rings (SSSR count). The van der Waals surface area contributed by atoms with E-state index in [0.29, 0.717) is 0 Å². The van der Waals surface area contributed by atoms with Crippen LogP contribution in [0.25, 0.3) is 0 Å². The van der Waals surface area contributed by atoms with E-state index in [1.165, 1.54) is 12.1 Å². The van der Waals surface area contributed by atoms with Crippen LogP contribution in [0.4, 0.5) is 0 Å². The van der Waals surface area contributed by atoms with E-state index in [1.54, 1.807) is 26.9 Å². The van der Waals surface area contributed by atoms with Gasteiger partial charge >= 0.3 is 31.3 Å². The van der Waals surface area contributed by atoms with Gasteiger partial charge in [-0.15, -0.1) is 0 Å². The van der Waals surface area contributed by atoms with Crippen LogP contribution in [0.1, 0.15) is 12.0 Å². The zero-order valence-electron chi connectivity index (χ0n) is 16.6. The van der Waals surface area contributed by atoms with E-state index >= 15 is 0 Å². The van der Waals surface area contributed by atoms with Gasteiger partial charge in [-0.25, -0.2) is 18.3 Å². The minimum Gasteiger partial charge on any atom is -0.404 e. The SMILES string of the molecule is BC1CC(OP(=O)(O)Oc2ccc(C)cc2)C(COP(=O)(O)OP(=O)(O)OP(=O)(O)O)O1. The Bertz CT molecular complexity index is 979. The first kappa shape index (κ1) is 27.8. The number of ether oxygens (including phenoxy) is 1. The van der Waals surface area contributed by atoms with E-state index in [9.17, 15) is 28.0 Å². The van der Waals surface area contributed by atoms with Gasteiger partial charge in [-0.3, -0.25) is 13.9 Å². The summed E-state index contributed by atoms with van der Waals surface area (Å²) in [6.07, 6.45) is -2.30. The lowest BCUT2D eigenvalue weighted by Gasteiger charge is -2.22. The van der Waals surface area contributed by atoms with Crippen molar-refractivity contribution in [2.45, 2.75) is 31.6 Å². The summed E-state index contributed by atoms with van der Waals surface area (Å²) in [4.78, 5) is 45.7. The molecule has 0 spiro atoms. The fraction of sp³-hybridized carbons (Fsp3) is 0.500. The van der Waals surface area contributed by atoms with Gasteiger partial charge < -0.3 is 28.8 Å². The van der Waals surface area contributed by atoms with E-state index in [-0.39, 0.29) is 12.2 Å². The van der Waals surface area contributed by atoms with Gasteiger partial charge in [-0.1, -0.05) is 17.7 Å². The normalized spacial score (nSPS) is 27.2. The molecule has 6 unspecified atom stereocenters. The largest absolute Gasteiger partial charge is 0.527 e. The number of benzene rings is 1. The molecule has 1 heterocycles. The summed E-state index contributed by atoms with van der Waals surface area (Å²) in [5.74, 6) is 0.0539. The van der Waals surface area contributed by atoms with Crippen molar-refractivity contribution < 1.29 is 69.7 Å². The molecule has 1 fully saturated rings. The number of hydrogen-bond donors (Lipinski definition) is 5. The van der Waals surface area contributed by atoms with Crippen LogP contribution in [-0.2, 0) is 40.7 Å². The zero-order chi connectivity index (χ0) is 24.4. The smallest absolute Gasteiger partial charge is 0.404 e. The quantitative estimate of drug-likeness (QED) is 0.195. The Kier molecular flexibility index (Phi) is 9.11. The number of phosphoric acid groups is 4. The molecule has 1 aliphatic rings. The number of aryl methyl sites for hydroxylation is 1. The Morgan fingerprint density at radius 1 is 0.969 bits per heavy atom. The van der Waals surface area contributed by atoms with Crippen LogP contribution in [0.5, 0.6) is 5.75 Å². The third-order valence-electron chi connectivity index (χ3n) is 3.71. The van der Waals surface area contributed by atoms with E-state index in [1.807, 2.05) is 0 Å². The van der Waals surface area contributed by atoms with Gasteiger partial charge in [0.2, 0.25) is 0 Å². The molecule has 0 amide bonds. The molecular weight excluding hydrogens is 519 g/mol. The van der Waals surface area contributed by atoms with Crippen molar-refractivity contribution in [2.24, 2.45) is 0 Å². The summed E-state index contributed by atoms with van der Waals surface area (Å²) in [5, 5.41) is 0. The lowest BCUT2D eigenvalue weighted by Crippen LogP contribution is -2.28. The first-order valence-electron chi connectivity index (χ1n) is 8.67. The Balaban J connectivity index is 1.99. The predicted molar refractivity (Wildman–Crippen MR) is 108 cm³/mol. The standard InChI is InChI=1S/C12H21BO15P4/c1-8-2-4-9(5-3-8)25-31(19,20)26-10-6-12(13)24-11(10)7-23-30(17,18)28-32(21,22)27-29(14,15)16/h2-5,10-12H,6-7,13H2,1H3,(H,17,18)(H,19,20)(H,21,22)(H2,14,15,16). The summed E-state index contributed by atoms with van der Waals surface area (Å²) >= 11 is 0. The molecule has 0 radical (unpaired) electrons. The minimum absolute atomic E-state index is 0.0539. The molecule has 0 saturated carbocycles. The maximum atomic E-state index is 12.3. The maximum absolute atomic E-state index is 12.3. The van der Waals surface area contributed by atoms with Crippen molar-refractivity contribution in [3.63, 3.8) is 0 Å². The van der Waals surface area contributed by atoms with Gasteiger partial charge in [0.05, 0.1) is 6.61 Å². The van der Waals surface area contributed by atoms with Gasteiger partial charge in [0.1, 0.15) is 25.8 Å². The van der Waals surface area contributed by atoms with Crippen molar-refractivity contribution in [3.05, 3.63) is 29.8 Å². The molecule has 1 aromatic rings. The molecule has 1 saturated heterocycles. The average Bonchev–Trinajstić information content (AvgIpc) is 2.90. The third-order valence-corrected chi connectivity index (χ3v) is 8.50. The van der Waals surface area contributed by atoms with E-state index in [4.69, 9.17) is 28.5 Å². The summed E-state index contributed by atoms with van der Waals surface area (Å²) < 4.78 is 73.3. The van der Waals surface area contributed by atoms with Crippen molar-refractivity contribution >= 4 is 39.1 Å². The van der Waals surface area contributed by atoms with E-state index < -0.39 is 56.1 Å². The Labute approximate surface area is 183 Å². The van der Waals surface area contributed by atoms with Crippen molar-refractivity contribution in [2.75, 3.05) is 6.61 Å². The highest BCUT2D eigenvalue weighted by molar-refractivity contribution is 7.66. The molecule has 20 heteroatoms. The maximum Gasteiger partial charge on any atom is 0.527 e. The first-order valence-corrected chi connectivity index (χ1v) is 14.7. The summed E-state index contributed by atoms with van der Waals surface area (Å²) in [7, 11) is -19.7. The van der Waals surface area contributed by atoms with Gasteiger partial charge in [-0.05, 0) is 25.5 Å². The molecule has 0 bridgehead atoms. The molecule has 0 aliphatic carbocycles. The van der Waals surface area contributed by atoms with Crippen molar-refractivity contribution in [3.8, 4) is 5.75 Å². The highest BCUT2D eigenvalue weighted by Gasteiger charge is 2.44. The highest BCUT2D eigenvalue weighted by Crippen LogP contribution is 2.66. The Hall–Kier alpha value is -0.395. The molecule has 5 N–H and O–H groups in total. The van der Waals surface area contributed by atoms with Crippen LogP contribution in [0.2, 0.25) is 0 Å². The topological polar surface area (TPSA) is 225 Å². The van der Waals surface area contributed by atoms with Crippen molar-refractivity contribution in [1.29, 1.82) is 0 Å². The summed E-state index contributed by atoms with van der Waals surface area (Å²) in [6.45, 7) is 0.974. The minimum atomic E-state index is -5.68. The third kappa shape index (κ3) is 9.84. The van der Waals surface area contributed by atoms with Crippen LogP contribution in [0.3, 0.4) is 0 Å². The van der Waals surface area contributed by atoms with Gasteiger partial charge in [0.15, 0.2) is 0 Å². The monoisotopic (exact) mass is 540 g/mol. The van der Waals surface area contributed by atoms with Crippen LogP contribution in [0.15, 0.2) is 24.3 Å². The molecule has 1 aromatic carbocycles. The van der Waals surface area contributed by atoms with E-state index in [2.05, 4.69) is 13.1 Å². The van der Waals surface area contributed by atoms with Gasteiger partial charge in [0.25, 0.3) is 0 Å². The van der Waals surface area contributed by atoms with Crippen molar-refractivity contribution in [1.82, 2.24) is 0 Å². The predicted octanol–water partition coefficient (Wildman–Crippen LogP) is 0.951. The summed E-state index contributed by atoms with van der Waals surface area (Å²) in [6, 6.07) is 5.64. The molecule has 0 aromatic heterocycles. The second-order valence-electron chi connectivity index (χ2n) is 6.62. The number of hydrogen-bond acceptors (Lipinski definition) is 10. The lowest BCUT2D eigenvalue weighted by atomic mass is 9.96. The first-order chi connectivity index (χ1) is 14.5. The molecule has 32 heavy (non-hydrogen) atoms. The second-order valence-corrected chi connectivity index (χ2v) is 12.4. The van der Waals surface area contributed by atoms with Crippen LogP contribution >= 0.6 is 31.3 Å². The van der Waals surface area contributed by atoms with Crippen LogP contribution in [0, 0.1) is 6.92 Å². The molecule has 1 aliphatic heterocycles. The average molecular weight is 540 g/mol. The Morgan fingerprint density at radius 3 is 2.12 bits per heavy atom. The molecule has 15 nitrogen and oxygen atoms in total. The second kappa shape index (κ2) is 10.5. The summed E-state index contributed by atoms with van der Waals surface area (Å²) in [5.41, 5.74) is 0.885. The molecule has 182 valence electrons. The fourth-order valence-electron chi connectivity index (χ4n) is 2.57. The number of rotatable bonds is 11. The highest BCUT2D eigenvalue weighted by atomic mass is 31.3. The fourth-order valence-corrected chi connectivity index (χ4v) is 6.60. The molecular formula is C12H21BO15P4. The van der Waals surface area contributed by atoms with Gasteiger partial charge in [-0.2, -0.15) is 8.62 Å². The van der Waals surface area contributed by atoms with Crippen LogP contribution in [-0.4, -0.2) is 57.1 Å². The lowest BCUT2D eigenvalue weighted by molar-refractivity contribution is -0.00352. The van der Waals surface area contributed by atoms with E-state index in [0.717, 1.165) is 5.56 Å². The number of phosphoric ester groups is 2. The van der Waals surface area contributed by atoms with Gasteiger partial charge in [0, 0.05) is 6.00 Å². The zero-order valence-corrected chi connectivity index (χ0v) is 20.1. The van der Waals surface area contributed by atoms with Crippen LogP contribution < -0.4 is 4.52 Å². The Morgan fingerprint density at radius 2 is 1.56 bits per heavy atom. The molecule has 6 atom stereocenters.